The van der Waals surface area contributed by atoms with Gasteiger partial charge in [-0.3, -0.25) is 14.9 Å². The molecule has 2 rings (SSSR count). The lowest BCUT2D eigenvalue weighted by molar-refractivity contribution is -0.384. The number of rotatable bonds is 10. The summed E-state index contributed by atoms with van der Waals surface area (Å²) in [6.07, 6.45) is 6.46. The Morgan fingerprint density at radius 3 is 2.10 bits per heavy atom. The average Bonchev–Trinajstić information content (AvgIpc) is 3.01. The molecular formula is C23H31N2O5-. The van der Waals surface area contributed by atoms with Crippen molar-refractivity contribution in [1.82, 2.24) is 4.57 Å². The number of nitro groups is 1. The molecule has 0 aliphatic rings. The molecule has 7 nitrogen and oxygen atoms in total. The molecule has 164 valence electrons. The molecule has 0 unspecified atom stereocenters. The monoisotopic (exact) mass is 415 g/mol. The second-order valence-electron chi connectivity index (χ2n) is 7.25. The van der Waals surface area contributed by atoms with Crippen LogP contribution < -0.4 is 5.11 Å². The topological polar surface area (TPSA) is 105 Å². The maximum atomic E-state index is 12.5. The number of unbranched alkanes of at least 4 members (excludes halogenated alkanes) is 4. The number of nitrogens with zero attached hydrogens (tertiary/aromatic N) is 2. The van der Waals surface area contributed by atoms with Gasteiger partial charge in [0, 0.05) is 36.4 Å². The van der Waals surface area contributed by atoms with Crippen LogP contribution in [0.5, 0.6) is 0 Å². The predicted molar refractivity (Wildman–Crippen MR) is 114 cm³/mol. The average molecular weight is 416 g/mol. The molecule has 0 atom stereocenters. The predicted octanol–water partition coefficient (Wildman–Crippen LogP) is 4.13. The lowest BCUT2D eigenvalue weighted by Gasteiger charge is -2.06. The van der Waals surface area contributed by atoms with Crippen LogP contribution >= 0.6 is 0 Å². The highest BCUT2D eigenvalue weighted by atomic mass is 16.6. The Hall–Kier alpha value is -2.96. The van der Waals surface area contributed by atoms with Gasteiger partial charge in [-0.1, -0.05) is 39.5 Å². The van der Waals surface area contributed by atoms with E-state index in [1.807, 2.05) is 31.5 Å². The summed E-state index contributed by atoms with van der Waals surface area (Å²) < 4.78 is 1.89. The van der Waals surface area contributed by atoms with Crippen molar-refractivity contribution < 1.29 is 19.6 Å². The number of aliphatic carboxylic acids is 1. The number of hydrogen-bond acceptors (Lipinski definition) is 5. The van der Waals surface area contributed by atoms with Gasteiger partial charge in [-0.25, -0.2) is 0 Å². The van der Waals surface area contributed by atoms with Crippen molar-refractivity contribution in [2.45, 2.75) is 65.7 Å². The van der Waals surface area contributed by atoms with Crippen LogP contribution in [0.1, 0.15) is 79.7 Å². The number of carbonyl (C=O) groups excluding carboxylic acids is 2. The fourth-order valence-electron chi connectivity index (χ4n) is 3.24. The van der Waals surface area contributed by atoms with E-state index >= 15 is 0 Å². The van der Waals surface area contributed by atoms with Gasteiger partial charge < -0.3 is 14.5 Å². The van der Waals surface area contributed by atoms with Crippen molar-refractivity contribution >= 4 is 17.4 Å². The summed E-state index contributed by atoms with van der Waals surface area (Å²) in [5.41, 5.74) is 3.10. The summed E-state index contributed by atoms with van der Waals surface area (Å²) in [5, 5.41) is 20.5. The summed E-state index contributed by atoms with van der Waals surface area (Å²) in [6.45, 7) is 6.07. The number of benzene rings is 1. The quantitative estimate of drug-likeness (QED) is 0.251. The molecule has 0 bridgehead atoms. The van der Waals surface area contributed by atoms with Gasteiger partial charge in [0.1, 0.15) is 0 Å². The molecule has 0 radical (unpaired) electrons. The first kappa shape index (κ1) is 25.1. The van der Waals surface area contributed by atoms with Crippen LogP contribution in [-0.2, 0) is 18.3 Å². The van der Waals surface area contributed by atoms with Crippen LogP contribution in [0.3, 0.4) is 0 Å². The van der Waals surface area contributed by atoms with Gasteiger partial charge in [-0.05, 0) is 49.9 Å². The number of aryl methyl sites for hydroxylation is 2. The van der Waals surface area contributed by atoms with E-state index in [4.69, 9.17) is 0 Å². The number of nitro benzene ring substituents is 1. The van der Waals surface area contributed by atoms with Crippen molar-refractivity contribution in [2.24, 2.45) is 7.05 Å². The highest BCUT2D eigenvalue weighted by Crippen LogP contribution is 2.20. The fourth-order valence-corrected chi connectivity index (χ4v) is 3.24. The van der Waals surface area contributed by atoms with Crippen LogP contribution in [0.4, 0.5) is 5.69 Å². The molecule has 0 saturated carbocycles. The van der Waals surface area contributed by atoms with Crippen LogP contribution in [-0.4, -0.2) is 21.2 Å². The van der Waals surface area contributed by atoms with Gasteiger partial charge in [0.15, 0.2) is 0 Å². The molecule has 0 aliphatic heterocycles. The second kappa shape index (κ2) is 12.6. The van der Waals surface area contributed by atoms with Crippen molar-refractivity contribution in [2.75, 3.05) is 0 Å². The van der Waals surface area contributed by atoms with Gasteiger partial charge in [-0.15, -0.1) is 0 Å². The van der Waals surface area contributed by atoms with Crippen molar-refractivity contribution in [1.29, 1.82) is 0 Å². The zero-order valence-corrected chi connectivity index (χ0v) is 18.3. The number of carboxylic acids is 1. The van der Waals surface area contributed by atoms with Crippen molar-refractivity contribution in [3.05, 3.63) is 63.0 Å². The fraction of sp³-hybridized carbons (Fsp3) is 0.478. The zero-order chi connectivity index (χ0) is 22.7. The summed E-state index contributed by atoms with van der Waals surface area (Å²) in [5.74, 6) is -1.03. The van der Waals surface area contributed by atoms with Gasteiger partial charge in [0.05, 0.1) is 10.6 Å². The third-order valence-corrected chi connectivity index (χ3v) is 4.92. The van der Waals surface area contributed by atoms with E-state index in [0.717, 1.165) is 36.9 Å². The minimum Gasteiger partial charge on any atom is -0.550 e. The molecule has 0 saturated heterocycles. The molecule has 0 amide bonds. The summed E-state index contributed by atoms with van der Waals surface area (Å²) in [7, 11) is 1.87. The van der Waals surface area contributed by atoms with Gasteiger partial charge in [0.25, 0.3) is 5.69 Å². The summed E-state index contributed by atoms with van der Waals surface area (Å²) >= 11 is 0. The molecule has 0 aliphatic carbocycles. The van der Waals surface area contributed by atoms with E-state index in [1.165, 1.54) is 37.1 Å². The summed E-state index contributed by atoms with van der Waals surface area (Å²) in [4.78, 5) is 32.6. The van der Waals surface area contributed by atoms with E-state index in [2.05, 4.69) is 6.92 Å². The first-order chi connectivity index (χ1) is 14.2. The van der Waals surface area contributed by atoms with Gasteiger partial charge in [-0.2, -0.15) is 0 Å². The Morgan fingerprint density at radius 2 is 1.63 bits per heavy atom. The van der Waals surface area contributed by atoms with Crippen LogP contribution in [0.2, 0.25) is 0 Å². The molecule has 1 aromatic heterocycles. The van der Waals surface area contributed by atoms with E-state index in [-0.39, 0.29) is 17.9 Å². The largest absolute Gasteiger partial charge is 0.550 e. The minimum absolute atomic E-state index is 0.0144. The highest BCUT2D eigenvalue weighted by Gasteiger charge is 2.18. The molecular weight excluding hydrogens is 384 g/mol. The number of aromatic nitrogens is 1. The van der Waals surface area contributed by atoms with Crippen molar-refractivity contribution in [3.63, 3.8) is 0 Å². The Kier molecular flexibility index (Phi) is 10.5. The Labute approximate surface area is 177 Å². The normalized spacial score (nSPS) is 10.3. The van der Waals surface area contributed by atoms with Crippen molar-refractivity contribution in [3.8, 4) is 0 Å². The molecule has 7 heteroatoms. The van der Waals surface area contributed by atoms with Crippen LogP contribution in [0, 0.1) is 17.0 Å². The molecule has 1 aromatic carbocycles. The standard InChI is InChI=1S/C15H16N2O3.C8H16O2/c1-4-12-9-10(2)14(16(12)3)15(18)11-5-7-13(8-6-11)17(19)20;1-2-3-4-5-6-7-8(9)10/h5-9H,4H2,1-3H3;2-7H2,1H3,(H,9,10)/p-1. The summed E-state index contributed by atoms with van der Waals surface area (Å²) in [6, 6.07) is 7.70. The second-order valence-corrected chi connectivity index (χ2v) is 7.25. The van der Waals surface area contributed by atoms with E-state index in [0.29, 0.717) is 11.3 Å². The lowest BCUT2D eigenvalue weighted by atomic mass is 10.1. The number of non-ortho nitro benzene ring substituents is 1. The van der Waals surface area contributed by atoms with Gasteiger partial charge >= 0.3 is 0 Å². The number of hydrogen-bond donors (Lipinski definition) is 0. The molecule has 1 heterocycles. The first-order valence-electron chi connectivity index (χ1n) is 10.4. The third-order valence-electron chi connectivity index (χ3n) is 4.92. The van der Waals surface area contributed by atoms with E-state index < -0.39 is 10.9 Å². The molecule has 2 aromatic rings. The maximum Gasteiger partial charge on any atom is 0.269 e. The smallest absolute Gasteiger partial charge is 0.269 e. The molecule has 0 spiro atoms. The zero-order valence-electron chi connectivity index (χ0n) is 18.3. The third kappa shape index (κ3) is 7.46. The number of carboxylic acid groups (broad SMARTS) is 1. The molecule has 30 heavy (non-hydrogen) atoms. The lowest BCUT2D eigenvalue weighted by Crippen LogP contribution is -2.21. The highest BCUT2D eigenvalue weighted by molar-refractivity contribution is 6.09. The van der Waals surface area contributed by atoms with E-state index in [9.17, 15) is 24.8 Å². The van der Waals surface area contributed by atoms with Gasteiger partial charge in [0.2, 0.25) is 5.78 Å². The number of ketones is 1. The van der Waals surface area contributed by atoms with E-state index in [1.54, 1.807) is 0 Å². The SMILES string of the molecule is CCCCCCCC(=O)[O-].CCc1cc(C)c(C(=O)c2ccc([N+](=O)[O-])cc2)n1C. The molecule has 0 N–H and O–H groups in total. The Bertz CT molecular complexity index is 853. The Morgan fingerprint density at radius 1 is 1.03 bits per heavy atom. The number of carbonyl (C=O) groups is 2. The first-order valence-corrected chi connectivity index (χ1v) is 10.4. The maximum absolute atomic E-state index is 12.5. The minimum atomic E-state index is -0.920. The molecule has 0 fully saturated rings. The van der Waals surface area contributed by atoms with Crippen LogP contribution in [0.15, 0.2) is 30.3 Å². The van der Waals surface area contributed by atoms with Crippen LogP contribution in [0.25, 0.3) is 0 Å². The Balaban J connectivity index is 0.000000382.